The molecular weight excluding hydrogens is 504 g/mol. The van der Waals surface area contributed by atoms with Crippen LogP contribution in [0, 0.1) is 11.7 Å². The van der Waals surface area contributed by atoms with E-state index in [1.807, 2.05) is 19.9 Å². The molecule has 3 aromatic rings. The standard InChI is InChI=1S/C27H30Cl2FN3O3/c1-3-15(2)23(31-10-8-16-5-4-6-18(30)11-16)25(34)33-27(26(35)36)9-7-22-20(14-27)19-12-17(28)13-21(29)24(19)32-22/h4-6,11-13,15,23,31-32H,3,7-10,14H2,1-2H3,(H,33,34)(H,35,36)/t15?,23?,27-/m1/s1. The summed E-state index contributed by atoms with van der Waals surface area (Å²) in [5.74, 6) is -1.77. The fourth-order valence-corrected chi connectivity index (χ4v) is 5.52. The number of aliphatic carboxylic acids is 1. The van der Waals surface area contributed by atoms with Crippen molar-refractivity contribution in [3.8, 4) is 0 Å². The summed E-state index contributed by atoms with van der Waals surface area (Å²) in [6.07, 6.45) is 2.09. The molecule has 1 aromatic heterocycles. The molecule has 1 aliphatic rings. The first-order valence-electron chi connectivity index (χ1n) is 12.1. The number of aromatic nitrogens is 1. The number of H-pyrrole nitrogens is 1. The third-order valence-corrected chi connectivity index (χ3v) is 7.75. The zero-order valence-electron chi connectivity index (χ0n) is 20.3. The summed E-state index contributed by atoms with van der Waals surface area (Å²) in [5.41, 5.74) is 1.80. The summed E-state index contributed by atoms with van der Waals surface area (Å²) >= 11 is 12.6. The van der Waals surface area contributed by atoms with Crippen LogP contribution in [-0.4, -0.2) is 40.1 Å². The van der Waals surface area contributed by atoms with Crippen LogP contribution in [0.3, 0.4) is 0 Å². The average molecular weight is 534 g/mol. The largest absolute Gasteiger partial charge is 0.479 e. The molecule has 36 heavy (non-hydrogen) atoms. The molecule has 1 aliphatic carbocycles. The Kier molecular flexibility index (Phi) is 7.93. The Balaban J connectivity index is 1.55. The van der Waals surface area contributed by atoms with Gasteiger partial charge in [0.1, 0.15) is 11.4 Å². The Hall–Kier alpha value is -2.61. The first-order valence-corrected chi connectivity index (χ1v) is 12.9. The Labute approximate surface area is 219 Å². The lowest BCUT2D eigenvalue weighted by molar-refractivity contribution is -0.148. The number of hydrogen-bond acceptors (Lipinski definition) is 3. The maximum atomic E-state index is 13.5. The number of aromatic amines is 1. The van der Waals surface area contributed by atoms with Crippen LogP contribution in [0.25, 0.3) is 10.9 Å². The zero-order chi connectivity index (χ0) is 26.0. The van der Waals surface area contributed by atoms with Crippen LogP contribution >= 0.6 is 23.2 Å². The Morgan fingerprint density at radius 3 is 2.72 bits per heavy atom. The third-order valence-electron chi connectivity index (χ3n) is 7.23. The molecule has 0 spiro atoms. The predicted octanol–water partition coefficient (Wildman–Crippen LogP) is 5.29. The summed E-state index contributed by atoms with van der Waals surface area (Å²) in [4.78, 5) is 29.4. The van der Waals surface area contributed by atoms with E-state index in [4.69, 9.17) is 23.2 Å². The molecule has 1 heterocycles. The number of carbonyl (C=O) groups excluding carboxylic acids is 1. The van der Waals surface area contributed by atoms with Crippen LogP contribution in [0.5, 0.6) is 0 Å². The van der Waals surface area contributed by atoms with E-state index in [1.54, 1.807) is 18.2 Å². The minimum Gasteiger partial charge on any atom is -0.479 e. The maximum Gasteiger partial charge on any atom is 0.329 e. The summed E-state index contributed by atoms with van der Waals surface area (Å²) in [5, 5.41) is 18.1. The second-order valence-corrected chi connectivity index (χ2v) is 10.5. The Bertz CT molecular complexity index is 1290. The van der Waals surface area contributed by atoms with Crippen LogP contribution < -0.4 is 10.6 Å². The van der Waals surface area contributed by atoms with Crippen molar-refractivity contribution in [1.82, 2.24) is 15.6 Å². The molecule has 2 aromatic carbocycles. The highest BCUT2D eigenvalue weighted by Gasteiger charge is 2.45. The lowest BCUT2D eigenvalue weighted by Crippen LogP contribution is -2.62. The number of hydrogen-bond donors (Lipinski definition) is 4. The zero-order valence-corrected chi connectivity index (χ0v) is 21.8. The third kappa shape index (κ3) is 5.38. The van der Waals surface area contributed by atoms with Crippen molar-refractivity contribution in [2.24, 2.45) is 5.92 Å². The topological polar surface area (TPSA) is 94.2 Å². The van der Waals surface area contributed by atoms with Crippen molar-refractivity contribution in [2.45, 2.75) is 57.5 Å². The second-order valence-electron chi connectivity index (χ2n) is 9.64. The molecule has 0 aliphatic heterocycles. The number of rotatable bonds is 9. The van der Waals surface area contributed by atoms with Gasteiger partial charge < -0.3 is 20.7 Å². The van der Waals surface area contributed by atoms with E-state index in [0.717, 1.165) is 34.1 Å². The average Bonchev–Trinajstić information content (AvgIpc) is 3.19. The van der Waals surface area contributed by atoms with Crippen LogP contribution in [0.15, 0.2) is 36.4 Å². The van der Waals surface area contributed by atoms with Crippen LogP contribution in [0.4, 0.5) is 4.39 Å². The minimum atomic E-state index is -1.45. The molecule has 0 bridgehead atoms. The highest BCUT2D eigenvalue weighted by molar-refractivity contribution is 6.38. The first kappa shape index (κ1) is 26.5. The molecule has 2 unspecified atom stereocenters. The fraction of sp³-hybridized carbons (Fsp3) is 0.407. The van der Waals surface area contributed by atoms with Gasteiger partial charge in [-0.1, -0.05) is 55.6 Å². The molecule has 0 saturated carbocycles. The number of aryl methyl sites for hydroxylation is 1. The highest BCUT2D eigenvalue weighted by atomic mass is 35.5. The number of benzene rings is 2. The molecule has 0 saturated heterocycles. The SMILES string of the molecule is CCC(C)C(NCCc1cccc(F)c1)C(=O)N[C@]1(C(=O)O)CCc2[nH]c3c(Cl)cc(Cl)cc3c2C1. The monoisotopic (exact) mass is 533 g/mol. The molecule has 4 rings (SSSR count). The predicted molar refractivity (Wildman–Crippen MR) is 140 cm³/mol. The molecule has 1 amide bonds. The number of nitrogens with one attached hydrogen (secondary N) is 3. The van der Waals surface area contributed by atoms with Gasteiger partial charge in [-0.3, -0.25) is 4.79 Å². The lowest BCUT2D eigenvalue weighted by atomic mass is 9.79. The highest BCUT2D eigenvalue weighted by Crippen LogP contribution is 2.38. The van der Waals surface area contributed by atoms with Gasteiger partial charge in [0.25, 0.3) is 0 Å². The van der Waals surface area contributed by atoms with E-state index < -0.39 is 17.6 Å². The van der Waals surface area contributed by atoms with Gasteiger partial charge in [-0.2, -0.15) is 0 Å². The number of halogens is 3. The summed E-state index contributed by atoms with van der Waals surface area (Å²) < 4.78 is 13.5. The lowest BCUT2D eigenvalue weighted by Gasteiger charge is -2.36. The Morgan fingerprint density at radius 2 is 2.03 bits per heavy atom. The van der Waals surface area contributed by atoms with Gasteiger partial charge in [0.2, 0.25) is 5.91 Å². The van der Waals surface area contributed by atoms with Crippen molar-refractivity contribution >= 4 is 46.0 Å². The number of fused-ring (bicyclic) bond motifs is 3. The van der Waals surface area contributed by atoms with Gasteiger partial charge in [0.15, 0.2) is 0 Å². The van der Waals surface area contributed by atoms with E-state index in [9.17, 15) is 19.1 Å². The number of carboxylic acid groups (broad SMARTS) is 1. The smallest absolute Gasteiger partial charge is 0.329 e. The summed E-state index contributed by atoms with van der Waals surface area (Å²) in [6, 6.07) is 9.18. The van der Waals surface area contributed by atoms with Gasteiger partial charge >= 0.3 is 5.97 Å². The van der Waals surface area contributed by atoms with E-state index in [2.05, 4.69) is 15.6 Å². The van der Waals surface area contributed by atoms with Gasteiger partial charge in [-0.05, 0) is 67.1 Å². The molecular formula is C27H30Cl2FN3O3. The van der Waals surface area contributed by atoms with Crippen molar-refractivity contribution in [2.75, 3.05) is 6.54 Å². The fourth-order valence-electron chi connectivity index (χ4n) is 4.98. The molecule has 3 atom stereocenters. The first-order chi connectivity index (χ1) is 17.1. The quantitative estimate of drug-likeness (QED) is 0.300. The molecule has 4 N–H and O–H groups in total. The molecule has 6 nitrogen and oxygen atoms in total. The van der Waals surface area contributed by atoms with E-state index in [1.165, 1.54) is 12.1 Å². The molecule has 0 fully saturated rings. The van der Waals surface area contributed by atoms with E-state index >= 15 is 0 Å². The number of amides is 1. The van der Waals surface area contributed by atoms with Gasteiger partial charge in [-0.15, -0.1) is 0 Å². The molecule has 0 radical (unpaired) electrons. The van der Waals surface area contributed by atoms with E-state index in [0.29, 0.717) is 29.4 Å². The van der Waals surface area contributed by atoms with Crippen molar-refractivity contribution < 1.29 is 19.1 Å². The van der Waals surface area contributed by atoms with Gasteiger partial charge in [-0.25, -0.2) is 9.18 Å². The molecule has 192 valence electrons. The summed E-state index contributed by atoms with van der Waals surface area (Å²) in [7, 11) is 0. The normalized spacial score (nSPS) is 19.0. The van der Waals surface area contributed by atoms with Crippen molar-refractivity contribution in [3.63, 3.8) is 0 Å². The Morgan fingerprint density at radius 1 is 1.25 bits per heavy atom. The van der Waals surface area contributed by atoms with Gasteiger partial charge in [0, 0.05) is 22.5 Å². The van der Waals surface area contributed by atoms with E-state index in [-0.39, 0.29) is 30.5 Å². The van der Waals surface area contributed by atoms with Gasteiger partial charge in [0.05, 0.1) is 16.6 Å². The maximum absolute atomic E-state index is 13.5. The van der Waals surface area contributed by atoms with Crippen LogP contribution in [-0.2, 0) is 28.9 Å². The van der Waals surface area contributed by atoms with Crippen LogP contribution in [0.2, 0.25) is 10.0 Å². The molecule has 9 heteroatoms. The number of carboxylic acids is 1. The van der Waals surface area contributed by atoms with Crippen molar-refractivity contribution in [1.29, 1.82) is 0 Å². The van der Waals surface area contributed by atoms with Crippen molar-refractivity contribution in [3.05, 3.63) is 69.1 Å². The minimum absolute atomic E-state index is 0.0341. The number of carbonyl (C=O) groups is 2. The second kappa shape index (κ2) is 10.8. The summed E-state index contributed by atoms with van der Waals surface area (Å²) in [6.45, 7) is 4.39. The van der Waals surface area contributed by atoms with Crippen LogP contribution in [0.1, 0.15) is 43.5 Å².